The van der Waals surface area contributed by atoms with E-state index in [0.29, 0.717) is 6.61 Å². The second kappa shape index (κ2) is 14.2. The average molecular weight is 369 g/mol. The van der Waals surface area contributed by atoms with Crippen LogP contribution in [0.25, 0.3) is 0 Å². The summed E-state index contributed by atoms with van der Waals surface area (Å²) >= 11 is 0. The molecule has 27 heavy (non-hydrogen) atoms. The average Bonchev–Trinajstić information content (AvgIpc) is 2.73. The van der Waals surface area contributed by atoms with Crippen LogP contribution in [0, 0.1) is 17.8 Å². The summed E-state index contributed by atoms with van der Waals surface area (Å²) < 4.78 is 5.30. The van der Waals surface area contributed by atoms with Gasteiger partial charge in [0.2, 0.25) is 0 Å². The molecule has 1 aliphatic carbocycles. The van der Waals surface area contributed by atoms with E-state index in [1.54, 1.807) is 12.7 Å². The van der Waals surface area contributed by atoms with Gasteiger partial charge in [0.25, 0.3) is 0 Å². The van der Waals surface area contributed by atoms with Gasteiger partial charge in [-0.25, -0.2) is 0 Å². The largest absolute Gasteiger partial charge is 0.383 e. The van der Waals surface area contributed by atoms with Crippen molar-refractivity contribution in [2.45, 2.75) is 71.1 Å². The highest BCUT2D eigenvalue weighted by molar-refractivity contribution is 5.31. The summed E-state index contributed by atoms with van der Waals surface area (Å²) in [5, 5.41) is 0. The topological polar surface area (TPSA) is 26.3 Å². The predicted molar refractivity (Wildman–Crippen MR) is 115 cm³/mol. The lowest BCUT2D eigenvalue weighted by molar-refractivity contribution is -0.0979. The van der Waals surface area contributed by atoms with E-state index in [4.69, 9.17) is 9.53 Å². The first kappa shape index (κ1) is 23.2. The van der Waals surface area contributed by atoms with E-state index >= 15 is 0 Å². The molecule has 0 saturated carbocycles. The molecule has 0 amide bonds. The summed E-state index contributed by atoms with van der Waals surface area (Å²) in [4.78, 5) is 8.00. The minimum Gasteiger partial charge on any atom is -0.383 e. The lowest BCUT2D eigenvalue weighted by Crippen LogP contribution is -2.06. The number of ether oxygens (including phenoxy) is 1. The molecule has 148 valence electrons. The van der Waals surface area contributed by atoms with Crippen LogP contribution in [0.2, 0.25) is 0 Å². The fraction of sp³-hybridized carbons (Fsp3) is 0.560. The van der Waals surface area contributed by atoms with Crippen molar-refractivity contribution in [1.29, 1.82) is 0 Å². The number of unbranched alkanes of at least 4 members (excludes halogenated alkanes) is 1. The zero-order valence-electron chi connectivity index (χ0n) is 17.4. The van der Waals surface area contributed by atoms with Crippen LogP contribution < -0.4 is 0 Å². The van der Waals surface area contributed by atoms with Crippen molar-refractivity contribution in [1.82, 2.24) is 0 Å². The number of aryl methyl sites for hydroxylation is 1. The van der Waals surface area contributed by atoms with Crippen molar-refractivity contribution in [2.75, 3.05) is 13.7 Å². The molecule has 0 saturated heterocycles. The van der Waals surface area contributed by atoms with Gasteiger partial charge in [0.15, 0.2) is 0 Å². The molecule has 0 spiro atoms. The number of allylic oxidation sites excluding steroid dienone is 2. The minimum atomic E-state index is 0.185. The Morgan fingerprint density at radius 3 is 2.59 bits per heavy atom. The van der Waals surface area contributed by atoms with Crippen molar-refractivity contribution in [3.8, 4) is 11.8 Å². The Balaban J connectivity index is 0.00000176. The van der Waals surface area contributed by atoms with Crippen LogP contribution in [0.5, 0.6) is 0 Å². The molecular weight excluding hydrogens is 332 g/mol. The van der Waals surface area contributed by atoms with Gasteiger partial charge in [0.1, 0.15) is 6.79 Å². The molecule has 0 heterocycles. The molecule has 0 fully saturated rings. The summed E-state index contributed by atoms with van der Waals surface area (Å²) in [5.41, 5.74) is 4.38. The number of hydrogen-bond donors (Lipinski definition) is 0. The normalized spacial score (nSPS) is 17.0. The first-order valence-corrected chi connectivity index (χ1v) is 10.2. The van der Waals surface area contributed by atoms with E-state index in [0.717, 1.165) is 12.3 Å². The number of carbonyl (C=O) groups is 1. The van der Waals surface area contributed by atoms with E-state index in [1.165, 1.54) is 56.1 Å². The van der Waals surface area contributed by atoms with Crippen LogP contribution >= 0.6 is 0 Å². The van der Waals surface area contributed by atoms with E-state index in [2.05, 4.69) is 49.1 Å². The highest BCUT2D eigenvalue weighted by Gasteiger charge is 2.13. The van der Waals surface area contributed by atoms with Gasteiger partial charge in [0, 0.05) is 7.11 Å². The van der Waals surface area contributed by atoms with Crippen molar-refractivity contribution in [3.05, 3.63) is 47.0 Å². The molecule has 2 unspecified atom stereocenters. The molecule has 2 heteroatoms. The monoisotopic (exact) mass is 368 g/mol. The molecule has 0 aromatic heterocycles. The van der Waals surface area contributed by atoms with Gasteiger partial charge in [-0.15, -0.1) is 5.92 Å². The van der Waals surface area contributed by atoms with E-state index in [9.17, 15) is 0 Å². The molecule has 2 atom stereocenters. The van der Waals surface area contributed by atoms with Crippen molar-refractivity contribution < 1.29 is 9.53 Å². The third kappa shape index (κ3) is 8.59. The molecule has 1 aliphatic rings. The third-order valence-electron chi connectivity index (χ3n) is 5.24. The quantitative estimate of drug-likeness (QED) is 0.388. The highest BCUT2D eigenvalue weighted by Crippen LogP contribution is 2.29. The maximum Gasteiger partial charge on any atom is 0.106 e. The summed E-state index contributed by atoms with van der Waals surface area (Å²) in [5.74, 6) is 7.28. The minimum absolute atomic E-state index is 0.185. The third-order valence-corrected chi connectivity index (χ3v) is 5.24. The summed E-state index contributed by atoms with van der Waals surface area (Å²) in [6.45, 7) is 6.84. The Hall–Kier alpha value is -1.85. The number of methoxy groups -OCH3 is 1. The van der Waals surface area contributed by atoms with Crippen molar-refractivity contribution in [2.24, 2.45) is 5.92 Å². The Morgan fingerprint density at radius 2 is 1.96 bits per heavy atom. The number of carbonyl (C=O) groups excluding carboxylic acids is 1. The SMILES string of the molecule is C=O.CC#CC(COC)c1ccc(CCC2=CC(CCCC)CCC2)cc1. The predicted octanol–water partition coefficient (Wildman–Crippen LogP) is 6.10. The van der Waals surface area contributed by atoms with Gasteiger partial charge in [-0.3, -0.25) is 0 Å². The van der Waals surface area contributed by atoms with Crippen LogP contribution in [-0.4, -0.2) is 20.5 Å². The summed E-state index contributed by atoms with van der Waals surface area (Å²) in [6, 6.07) is 8.99. The lowest BCUT2D eigenvalue weighted by Gasteiger charge is -2.21. The van der Waals surface area contributed by atoms with Crippen LogP contribution in [0.4, 0.5) is 0 Å². The Morgan fingerprint density at radius 1 is 1.22 bits per heavy atom. The van der Waals surface area contributed by atoms with Crippen molar-refractivity contribution >= 4 is 6.79 Å². The van der Waals surface area contributed by atoms with Crippen LogP contribution in [0.1, 0.15) is 75.8 Å². The van der Waals surface area contributed by atoms with E-state index in [1.807, 2.05) is 13.7 Å². The second-order valence-electron chi connectivity index (χ2n) is 7.26. The Kier molecular flexibility index (Phi) is 12.2. The van der Waals surface area contributed by atoms with Crippen LogP contribution in [0.3, 0.4) is 0 Å². The lowest BCUT2D eigenvalue weighted by atomic mass is 9.85. The van der Waals surface area contributed by atoms with Gasteiger partial charge in [-0.2, -0.15) is 0 Å². The second-order valence-corrected chi connectivity index (χ2v) is 7.26. The molecule has 2 rings (SSSR count). The molecule has 2 nitrogen and oxygen atoms in total. The van der Waals surface area contributed by atoms with Crippen LogP contribution in [0.15, 0.2) is 35.9 Å². The molecular formula is C25H36O2. The molecule has 1 aromatic carbocycles. The number of rotatable bonds is 9. The fourth-order valence-corrected chi connectivity index (χ4v) is 3.78. The number of benzene rings is 1. The molecule has 0 radical (unpaired) electrons. The first-order valence-electron chi connectivity index (χ1n) is 10.2. The zero-order valence-corrected chi connectivity index (χ0v) is 17.4. The fourth-order valence-electron chi connectivity index (χ4n) is 3.78. The van der Waals surface area contributed by atoms with Gasteiger partial charge < -0.3 is 9.53 Å². The van der Waals surface area contributed by atoms with Crippen molar-refractivity contribution in [3.63, 3.8) is 0 Å². The van der Waals surface area contributed by atoms with Gasteiger partial charge in [0.05, 0.1) is 12.5 Å². The number of hydrogen-bond acceptors (Lipinski definition) is 2. The Labute approximate surface area is 166 Å². The molecule has 0 bridgehead atoms. The smallest absolute Gasteiger partial charge is 0.106 e. The van der Waals surface area contributed by atoms with Gasteiger partial charge >= 0.3 is 0 Å². The maximum absolute atomic E-state index is 8.00. The zero-order chi connectivity index (χ0) is 19.9. The maximum atomic E-state index is 8.00. The standard InChI is InChI=1S/C24H34O.CH2O/c1-4-6-9-21-10-7-11-22(18-21)13-12-20-14-16-23(17-15-20)24(8-5-2)19-25-3;1-2/h14-18,21,24H,4,6-7,9-13,19H2,1-3H3;1H2. The van der Waals surface area contributed by atoms with Gasteiger partial charge in [-0.05, 0) is 62.5 Å². The van der Waals surface area contributed by atoms with Gasteiger partial charge in [-0.1, -0.05) is 61.6 Å². The van der Waals surface area contributed by atoms with E-state index < -0.39 is 0 Å². The Bertz CT molecular complexity index is 603. The molecule has 0 N–H and O–H groups in total. The van der Waals surface area contributed by atoms with Crippen LogP contribution in [-0.2, 0) is 16.0 Å². The summed E-state index contributed by atoms with van der Waals surface area (Å²) in [6.07, 6.45) is 13.1. The van der Waals surface area contributed by atoms with E-state index in [-0.39, 0.29) is 5.92 Å². The highest BCUT2D eigenvalue weighted by atomic mass is 16.5. The molecule has 0 aliphatic heterocycles. The molecule has 1 aromatic rings. The summed E-state index contributed by atoms with van der Waals surface area (Å²) in [7, 11) is 1.74. The first-order chi connectivity index (χ1) is 13.3.